The number of rotatable bonds is 5. The van der Waals surface area contributed by atoms with Crippen LogP contribution in [0.4, 0.5) is 14.5 Å². The SMILES string of the molecule is NCC1(O)C2CC[C@H]1CC(Sc1cc(C(=O)Nc3ccc(F)c(F)c3)ccc1Cl)C2. The van der Waals surface area contributed by atoms with Crippen molar-refractivity contribution in [3.8, 4) is 0 Å². The molecule has 0 heterocycles. The number of anilines is 1. The number of carbonyl (C=O) groups excluding carboxylic acids is 1. The largest absolute Gasteiger partial charge is 0.388 e. The second-order valence-corrected chi connectivity index (χ2v) is 9.86. The van der Waals surface area contributed by atoms with Gasteiger partial charge in [0.15, 0.2) is 11.6 Å². The molecule has 4 rings (SSSR count). The summed E-state index contributed by atoms with van der Waals surface area (Å²) >= 11 is 8.00. The summed E-state index contributed by atoms with van der Waals surface area (Å²) in [7, 11) is 0. The summed E-state index contributed by atoms with van der Waals surface area (Å²) in [6.45, 7) is 0.292. The highest BCUT2D eigenvalue weighted by Gasteiger charge is 2.52. The van der Waals surface area contributed by atoms with Crippen LogP contribution in [0.25, 0.3) is 0 Å². The van der Waals surface area contributed by atoms with Crippen LogP contribution < -0.4 is 11.1 Å². The number of nitrogens with one attached hydrogen (secondary N) is 1. The molecule has 4 N–H and O–H groups in total. The van der Waals surface area contributed by atoms with Gasteiger partial charge in [0, 0.05) is 34.0 Å². The van der Waals surface area contributed by atoms with Gasteiger partial charge in [-0.1, -0.05) is 11.6 Å². The van der Waals surface area contributed by atoms with Crippen molar-refractivity contribution in [3.05, 3.63) is 58.6 Å². The first-order valence-electron chi connectivity index (χ1n) is 9.95. The summed E-state index contributed by atoms with van der Waals surface area (Å²) in [5.74, 6) is -2.04. The van der Waals surface area contributed by atoms with E-state index in [2.05, 4.69) is 5.32 Å². The normalized spacial score (nSPS) is 27.8. The number of carbonyl (C=O) groups is 1. The molecule has 2 aromatic carbocycles. The number of aliphatic hydroxyl groups is 1. The Morgan fingerprint density at radius 3 is 2.50 bits per heavy atom. The van der Waals surface area contributed by atoms with Crippen LogP contribution in [-0.2, 0) is 0 Å². The number of thioether (sulfide) groups is 1. The highest BCUT2D eigenvalue weighted by Crippen LogP contribution is 2.53. The fourth-order valence-electron chi connectivity index (χ4n) is 4.73. The number of amides is 1. The third-order valence-corrected chi connectivity index (χ3v) is 8.12. The number of nitrogens with two attached hydrogens (primary N) is 1. The van der Waals surface area contributed by atoms with Crippen LogP contribution in [0.1, 0.15) is 36.0 Å². The van der Waals surface area contributed by atoms with Gasteiger partial charge in [-0.25, -0.2) is 8.78 Å². The smallest absolute Gasteiger partial charge is 0.255 e. The first-order chi connectivity index (χ1) is 14.3. The Labute approximate surface area is 183 Å². The van der Waals surface area contributed by atoms with Crippen LogP contribution >= 0.6 is 23.4 Å². The topological polar surface area (TPSA) is 75.3 Å². The van der Waals surface area contributed by atoms with Crippen molar-refractivity contribution in [2.24, 2.45) is 17.6 Å². The third kappa shape index (κ3) is 4.08. The van der Waals surface area contributed by atoms with Gasteiger partial charge in [0.2, 0.25) is 0 Å². The molecule has 4 atom stereocenters. The second kappa shape index (κ2) is 8.46. The van der Waals surface area contributed by atoms with Crippen molar-refractivity contribution in [2.45, 2.75) is 41.4 Å². The lowest BCUT2D eigenvalue weighted by atomic mass is 9.74. The van der Waals surface area contributed by atoms with Gasteiger partial charge in [-0.2, -0.15) is 0 Å². The van der Waals surface area contributed by atoms with E-state index in [9.17, 15) is 18.7 Å². The van der Waals surface area contributed by atoms with Gasteiger partial charge in [-0.05, 0) is 67.9 Å². The van der Waals surface area contributed by atoms with Gasteiger partial charge >= 0.3 is 0 Å². The van der Waals surface area contributed by atoms with Crippen molar-refractivity contribution in [1.82, 2.24) is 0 Å². The van der Waals surface area contributed by atoms with E-state index in [-0.39, 0.29) is 22.8 Å². The highest BCUT2D eigenvalue weighted by atomic mass is 35.5. The Hall–Kier alpha value is -1.67. The molecule has 160 valence electrons. The second-order valence-electron chi connectivity index (χ2n) is 8.11. The monoisotopic (exact) mass is 452 g/mol. The van der Waals surface area contributed by atoms with Gasteiger partial charge in [-0.3, -0.25) is 4.79 Å². The molecule has 2 fully saturated rings. The lowest BCUT2D eigenvalue weighted by Gasteiger charge is -2.42. The quantitative estimate of drug-likeness (QED) is 0.606. The molecule has 2 aliphatic carbocycles. The van der Waals surface area contributed by atoms with Crippen LogP contribution in [-0.4, -0.2) is 28.4 Å². The minimum atomic E-state index is -1.02. The molecular weight excluding hydrogens is 430 g/mol. The lowest BCUT2D eigenvalue weighted by molar-refractivity contribution is -0.0492. The van der Waals surface area contributed by atoms with E-state index in [1.165, 1.54) is 6.07 Å². The zero-order valence-electron chi connectivity index (χ0n) is 16.2. The Bertz CT molecular complexity index is 960. The van der Waals surface area contributed by atoms with Crippen LogP contribution in [0.3, 0.4) is 0 Å². The maximum Gasteiger partial charge on any atom is 0.255 e. The van der Waals surface area contributed by atoms with E-state index in [0.717, 1.165) is 42.7 Å². The fraction of sp³-hybridized carbons (Fsp3) is 0.409. The van der Waals surface area contributed by atoms with Crippen LogP contribution in [0.5, 0.6) is 0 Å². The summed E-state index contributed by atoms with van der Waals surface area (Å²) < 4.78 is 26.5. The van der Waals surface area contributed by atoms with Crippen molar-refractivity contribution >= 4 is 35.0 Å². The molecule has 0 spiro atoms. The van der Waals surface area contributed by atoms with Crippen LogP contribution in [0.2, 0.25) is 5.02 Å². The van der Waals surface area contributed by atoms with E-state index in [0.29, 0.717) is 17.1 Å². The van der Waals surface area contributed by atoms with Gasteiger partial charge in [0.05, 0.1) is 10.6 Å². The number of hydrogen-bond acceptors (Lipinski definition) is 4. The zero-order valence-corrected chi connectivity index (χ0v) is 17.8. The number of benzene rings is 2. The Balaban J connectivity index is 1.47. The van der Waals surface area contributed by atoms with Crippen molar-refractivity contribution in [2.75, 3.05) is 11.9 Å². The molecule has 8 heteroatoms. The van der Waals surface area contributed by atoms with Crippen molar-refractivity contribution in [1.29, 1.82) is 0 Å². The molecule has 0 radical (unpaired) electrons. The predicted octanol–water partition coefficient (Wildman–Crippen LogP) is 4.84. The van der Waals surface area contributed by atoms with E-state index >= 15 is 0 Å². The summed E-state index contributed by atoms with van der Waals surface area (Å²) in [5.41, 5.74) is 5.64. The molecule has 0 saturated heterocycles. The summed E-state index contributed by atoms with van der Waals surface area (Å²) in [4.78, 5) is 13.4. The molecule has 3 unspecified atom stereocenters. The van der Waals surface area contributed by atoms with Gasteiger partial charge in [0.1, 0.15) is 0 Å². The first kappa shape index (κ1) is 21.6. The lowest BCUT2D eigenvalue weighted by Crippen LogP contribution is -2.51. The molecule has 0 aliphatic heterocycles. The maximum atomic E-state index is 13.4. The number of fused-ring (bicyclic) bond motifs is 2. The minimum absolute atomic E-state index is 0.174. The molecule has 2 saturated carbocycles. The van der Waals surface area contributed by atoms with Gasteiger partial charge in [-0.15, -0.1) is 11.8 Å². The van der Waals surface area contributed by atoms with E-state index in [1.807, 2.05) is 0 Å². The Morgan fingerprint density at radius 1 is 1.17 bits per heavy atom. The van der Waals surface area contributed by atoms with E-state index in [1.54, 1.807) is 30.0 Å². The van der Waals surface area contributed by atoms with Crippen molar-refractivity contribution in [3.63, 3.8) is 0 Å². The van der Waals surface area contributed by atoms with Gasteiger partial charge < -0.3 is 16.2 Å². The molecule has 2 aliphatic rings. The average Bonchev–Trinajstić information content (AvgIpc) is 2.89. The standard InChI is InChI=1S/C22H23ClF2N2O2S/c23-17-5-1-12(21(28)27-15-4-6-18(24)19(25)10-15)7-20(17)30-16-8-13-2-3-14(9-16)22(13,29)11-26/h1,4-7,10,13-14,16,29H,2-3,8-9,11,26H2,(H,27,28)/t13-,14?,16?,22?/m0/s1. The summed E-state index contributed by atoms with van der Waals surface area (Å²) in [6.07, 6.45) is 3.69. The Kier molecular flexibility index (Phi) is 6.08. The summed E-state index contributed by atoms with van der Waals surface area (Å²) in [5, 5.41) is 14.3. The van der Waals surface area contributed by atoms with Gasteiger partial charge in [0.25, 0.3) is 5.91 Å². The van der Waals surface area contributed by atoms with E-state index < -0.39 is 23.1 Å². The third-order valence-electron chi connectivity index (χ3n) is 6.36. The minimum Gasteiger partial charge on any atom is -0.388 e. The first-order valence-corrected chi connectivity index (χ1v) is 11.2. The Morgan fingerprint density at radius 2 is 1.87 bits per heavy atom. The maximum absolute atomic E-state index is 13.4. The highest BCUT2D eigenvalue weighted by molar-refractivity contribution is 8.00. The number of hydrogen-bond donors (Lipinski definition) is 3. The number of halogens is 3. The zero-order chi connectivity index (χ0) is 21.5. The molecular formula is C22H23ClF2N2O2S. The van der Waals surface area contributed by atoms with Crippen LogP contribution in [0, 0.1) is 23.5 Å². The molecule has 30 heavy (non-hydrogen) atoms. The molecule has 0 aromatic heterocycles. The van der Waals surface area contributed by atoms with Crippen molar-refractivity contribution < 1.29 is 18.7 Å². The predicted molar refractivity (Wildman–Crippen MR) is 115 cm³/mol. The van der Waals surface area contributed by atoms with Crippen LogP contribution in [0.15, 0.2) is 41.3 Å². The molecule has 4 nitrogen and oxygen atoms in total. The summed E-state index contributed by atoms with van der Waals surface area (Å²) in [6, 6.07) is 8.19. The molecule has 2 aromatic rings. The average molecular weight is 453 g/mol. The van der Waals surface area contributed by atoms with E-state index in [4.69, 9.17) is 17.3 Å². The molecule has 1 amide bonds. The fourth-order valence-corrected chi connectivity index (χ4v) is 6.37. The molecule has 2 bridgehead atoms.